The van der Waals surface area contributed by atoms with Crippen molar-refractivity contribution in [3.05, 3.63) is 17.5 Å². The number of aromatic nitrogens is 2. The van der Waals surface area contributed by atoms with Gasteiger partial charge in [-0.05, 0) is 20.3 Å². The number of nitrogens with zero attached hydrogens (tertiary/aromatic N) is 2. The lowest BCUT2D eigenvalue weighted by atomic mass is 10.1. The summed E-state index contributed by atoms with van der Waals surface area (Å²) >= 11 is 0. The van der Waals surface area contributed by atoms with Crippen LogP contribution in [0.3, 0.4) is 0 Å². The third kappa shape index (κ3) is 3.39. The van der Waals surface area contributed by atoms with Crippen LogP contribution < -0.4 is 16.0 Å². The van der Waals surface area contributed by atoms with E-state index in [2.05, 4.69) is 21.0 Å². The van der Waals surface area contributed by atoms with Gasteiger partial charge in [-0.1, -0.05) is 0 Å². The van der Waals surface area contributed by atoms with Gasteiger partial charge in [0.15, 0.2) is 0 Å². The number of carbonyl (C=O) groups excluding carboxylic acids is 3. The van der Waals surface area contributed by atoms with Crippen LogP contribution in [-0.2, 0) is 16.6 Å². The van der Waals surface area contributed by atoms with Gasteiger partial charge in [-0.2, -0.15) is 5.10 Å². The molecule has 2 heterocycles. The Hall–Kier alpha value is -2.38. The number of amides is 4. The Kier molecular flexibility index (Phi) is 4.25. The molecule has 0 radical (unpaired) electrons. The minimum absolute atomic E-state index is 0.154. The van der Waals surface area contributed by atoms with Crippen molar-refractivity contribution in [2.75, 3.05) is 0 Å². The Bertz CT molecular complexity index is 580. The van der Waals surface area contributed by atoms with Gasteiger partial charge in [-0.15, -0.1) is 0 Å². The van der Waals surface area contributed by atoms with E-state index < -0.39 is 12.1 Å². The Labute approximate surface area is 122 Å². The molecule has 1 saturated heterocycles. The predicted molar refractivity (Wildman–Crippen MR) is 74.2 cm³/mol. The number of nitrogens with one attached hydrogen (secondary N) is 3. The number of rotatable bonds is 5. The molecule has 0 aromatic carbocycles. The summed E-state index contributed by atoms with van der Waals surface area (Å²) in [6.45, 7) is 3.81. The second-order valence-electron chi connectivity index (χ2n) is 5.15. The molecule has 1 aliphatic heterocycles. The highest BCUT2D eigenvalue weighted by Gasteiger charge is 2.29. The van der Waals surface area contributed by atoms with Gasteiger partial charge < -0.3 is 10.6 Å². The molecule has 2 rings (SSSR count). The van der Waals surface area contributed by atoms with Crippen molar-refractivity contribution >= 4 is 17.8 Å². The first-order valence-corrected chi connectivity index (χ1v) is 6.77. The van der Waals surface area contributed by atoms with E-state index in [1.54, 1.807) is 10.9 Å². The summed E-state index contributed by atoms with van der Waals surface area (Å²) in [5.74, 6) is -0.552. The standard InChI is InChI=1S/C13H19N5O3/c1-7(9-6-14-18(3)8(9)2)15-11(19)5-4-10-12(20)17-13(21)16-10/h6-7,10H,4-5H2,1-3H3,(H,15,19)(H2,16,17,20,21). The Balaban J connectivity index is 1.83. The number of hydrogen-bond donors (Lipinski definition) is 3. The number of hydrogen-bond acceptors (Lipinski definition) is 4. The largest absolute Gasteiger partial charge is 0.349 e. The van der Waals surface area contributed by atoms with Crippen molar-refractivity contribution in [1.29, 1.82) is 0 Å². The zero-order valence-corrected chi connectivity index (χ0v) is 12.3. The Morgan fingerprint density at radius 2 is 2.24 bits per heavy atom. The molecule has 2 atom stereocenters. The quantitative estimate of drug-likeness (QED) is 0.659. The number of urea groups is 1. The van der Waals surface area contributed by atoms with Gasteiger partial charge in [-0.25, -0.2) is 4.79 Å². The molecule has 2 unspecified atom stereocenters. The molecule has 8 nitrogen and oxygen atoms in total. The van der Waals surface area contributed by atoms with Crippen LogP contribution in [0.2, 0.25) is 0 Å². The van der Waals surface area contributed by atoms with Gasteiger partial charge in [0, 0.05) is 24.7 Å². The molecule has 3 N–H and O–H groups in total. The summed E-state index contributed by atoms with van der Waals surface area (Å²) in [7, 11) is 1.84. The molecule has 8 heteroatoms. The summed E-state index contributed by atoms with van der Waals surface area (Å²) in [5, 5.41) is 11.6. The molecule has 4 amide bonds. The predicted octanol–water partition coefficient (Wildman–Crippen LogP) is -0.106. The fraction of sp³-hybridized carbons (Fsp3) is 0.538. The summed E-state index contributed by atoms with van der Waals surface area (Å²) in [6.07, 6.45) is 2.18. The average Bonchev–Trinajstić information content (AvgIpc) is 2.90. The highest BCUT2D eigenvalue weighted by Crippen LogP contribution is 2.16. The van der Waals surface area contributed by atoms with Crippen molar-refractivity contribution in [2.24, 2.45) is 7.05 Å². The smallest absolute Gasteiger partial charge is 0.322 e. The third-order valence-electron chi connectivity index (χ3n) is 3.64. The first-order chi connectivity index (χ1) is 9.88. The summed E-state index contributed by atoms with van der Waals surface area (Å²) in [4.78, 5) is 34.2. The molecule has 0 saturated carbocycles. The SMILES string of the molecule is Cc1c(C(C)NC(=O)CCC2NC(=O)NC2=O)cnn1C. The molecule has 1 aromatic heterocycles. The van der Waals surface area contributed by atoms with Crippen LogP contribution in [0.1, 0.15) is 37.1 Å². The van der Waals surface area contributed by atoms with E-state index in [1.165, 1.54) is 0 Å². The summed E-state index contributed by atoms with van der Waals surface area (Å²) in [6, 6.07) is -1.29. The van der Waals surface area contributed by atoms with E-state index in [9.17, 15) is 14.4 Å². The molecule has 1 aromatic rings. The van der Waals surface area contributed by atoms with E-state index in [0.717, 1.165) is 11.3 Å². The first kappa shape index (κ1) is 15.0. The van der Waals surface area contributed by atoms with Crippen LogP contribution in [0.15, 0.2) is 6.20 Å². The van der Waals surface area contributed by atoms with Gasteiger partial charge in [0.25, 0.3) is 5.91 Å². The van der Waals surface area contributed by atoms with Crippen LogP contribution in [-0.4, -0.2) is 33.7 Å². The van der Waals surface area contributed by atoms with Gasteiger partial charge in [0.1, 0.15) is 6.04 Å². The highest BCUT2D eigenvalue weighted by atomic mass is 16.2. The van der Waals surface area contributed by atoms with E-state index >= 15 is 0 Å². The van der Waals surface area contributed by atoms with Crippen molar-refractivity contribution in [3.63, 3.8) is 0 Å². The summed E-state index contributed by atoms with van der Waals surface area (Å²) < 4.78 is 1.75. The fourth-order valence-electron chi connectivity index (χ4n) is 2.27. The monoisotopic (exact) mass is 293 g/mol. The lowest BCUT2D eigenvalue weighted by Crippen LogP contribution is -2.32. The molecule has 1 aliphatic rings. The van der Waals surface area contributed by atoms with Crippen molar-refractivity contribution in [2.45, 2.75) is 38.8 Å². The van der Waals surface area contributed by atoms with Gasteiger partial charge in [0.05, 0.1) is 12.2 Å². The van der Waals surface area contributed by atoms with Crippen LogP contribution in [0.4, 0.5) is 4.79 Å². The van der Waals surface area contributed by atoms with Gasteiger partial charge >= 0.3 is 6.03 Å². The molecular formula is C13H19N5O3. The van der Waals surface area contributed by atoms with Crippen LogP contribution in [0.5, 0.6) is 0 Å². The number of imide groups is 1. The molecule has 21 heavy (non-hydrogen) atoms. The zero-order chi connectivity index (χ0) is 15.6. The van der Waals surface area contributed by atoms with Crippen LogP contribution >= 0.6 is 0 Å². The Morgan fingerprint density at radius 3 is 2.76 bits per heavy atom. The third-order valence-corrected chi connectivity index (χ3v) is 3.64. The molecule has 0 aliphatic carbocycles. The van der Waals surface area contributed by atoms with Crippen molar-refractivity contribution in [3.8, 4) is 0 Å². The normalized spacial score (nSPS) is 19.1. The van der Waals surface area contributed by atoms with E-state index in [0.29, 0.717) is 0 Å². The fourth-order valence-corrected chi connectivity index (χ4v) is 2.27. The highest BCUT2D eigenvalue weighted by molar-refractivity contribution is 6.04. The molecule has 114 valence electrons. The topological polar surface area (TPSA) is 105 Å². The first-order valence-electron chi connectivity index (χ1n) is 6.77. The minimum Gasteiger partial charge on any atom is -0.349 e. The van der Waals surface area contributed by atoms with Crippen molar-refractivity contribution < 1.29 is 14.4 Å². The zero-order valence-electron chi connectivity index (χ0n) is 12.3. The van der Waals surface area contributed by atoms with Gasteiger partial charge in [0.2, 0.25) is 5.91 Å². The van der Waals surface area contributed by atoms with Crippen LogP contribution in [0.25, 0.3) is 0 Å². The molecule has 0 spiro atoms. The second-order valence-corrected chi connectivity index (χ2v) is 5.15. The lowest BCUT2D eigenvalue weighted by Gasteiger charge is -2.14. The van der Waals surface area contributed by atoms with E-state index in [1.807, 2.05) is 20.9 Å². The summed E-state index contributed by atoms with van der Waals surface area (Å²) in [5.41, 5.74) is 1.95. The van der Waals surface area contributed by atoms with E-state index in [4.69, 9.17) is 0 Å². The average molecular weight is 293 g/mol. The maximum absolute atomic E-state index is 11.9. The minimum atomic E-state index is -0.626. The molecule has 1 fully saturated rings. The Morgan fingerprint density at radius 1 is 1.52 bits per heavy atom. The van der Waals surface area contributed by atoms with Gasteiger partial charge in [-0.3, -0.25) is 19.6 Å². The lowest BCUT2D eigenvalue weighted by molar-refractivity contribution is -0.122. The molecule has 0 bridgehead atoms. The molecular weight excluding hydrogens is 274 g/mol. The second kappa shape index (κ2) is 5.94. The number of aryl methyl sites for hydroxylation is 1. The maximum Gasteiger partial charge on any atom is 0.322 e. The van der Waals surface area contributed by atoms with Crippen molar-refractivity contribution in [1.82, 2.24) is 25.7 Å². The van der Waals surface area contributed by atoms with E-state index in [-0.39, 0.29) is 30.7 Å². The van der Waals surface area contributed by atoms with Crippen LogP contribution in [0, 0.1) is 6.92 Å². The maximum atomic E-state index is 11.9. The number of carbonyl (C=O) groups is 3.